The zero-order chi connectivity index (χ0) is 11.7. The van der Waals surface area contributed by atoms with E-state index >= 15 is 0 Å². The summed E-state index contributed by atoms with van der Waals surface area (Å²) in [4.78, 5) is 10.3. The summed E-state index contributed by atoms with van der Waals surface area (Å²) in [6.45, 7) is 0.879. The van der Waals surface area contributed by atoms with Crippen LogP contribution in [0.2, 0.25) is 0 Å². The molecule has 0 saturated carbocycles. The Bertz CT molecular complexity index is 430. The number of nitro benzene ring substituents is 1. The minimum absolute atomic E-state index is 0.00613. The lowest BCUT2D eigenvalue weighted by atomic mass is 10.0. The molecule has 16 heavy (non-hydrogen) atoms. The summed E-state index contributed by atoms with van der Waals surface area (Å²) in [5.41, 5.74) is 0.590. The highest BCUT2D eigenvalue weighted by Crippen LogP contribution is 2.38. The van der Waals surface area contributed by atoms with E-state index in [0.29, 0.717) is 10.0 Å². The van der Waals surface area contributed by atoms with Gasteiger partial charge in [0.15, 0.2) is 0 Å². The van der Waals surface area contributed by atoms with Crippen LogP contribution in [-0.2, 0) is 0 Å². The van der Waals surface area contributed by atoms with Gasteiger partial charge in [0.2, 0.25) is 0 Å². The van der Waals surface area contributed by atoms with Crippen molar-refractivity contribution in [2.24, 2.45) is 0 Å². The van der Waals surface area contributed by atoms with Gasteiger partial charge in [0.25, 0.3) is 5.69 Å². The van der Waals surface area contributed by atoms with Crippen molar-refractivity contribution in [3.05, 3.63) is 32.3 Å². The second kappa shape index (κ2) is 4.39. The Morgan fingerprint density at radius 1 is 1.56 bits per heavy atom. The number of nitro groups is 1. The van der Waals surface area contributed by atoms with Gasteiger partial charge in [0.05, 0.1) is 9.40 Å². The third-order valence-corrected chi connectivity index (χ3v) is 3.33. The summed E-state index contributed by atoms with van der Waals surface area (Å²) < 4.78 is 0.366. The summed E-state index contributed by atoms with van der Waals surface area (Å²) in [6, 6.07) is 2.76. The average Bonchev–Trinajstić information content (AvgIpc) is 2.74. The summed E-state index contributed by atoms with van der Waals surface area (Å²) >= 11 is 3.13. The van der Waals surface area contributed by atoms with Crippen LogP contribution in [0.3, 0.4) is 0 Å². The zero-order valence-corrected chi connectivity index (χ0v) is 10.0. The van der Waals surface area contributed by atoms with Crippen LogP contribution in [0.1, 0.15) is 24.4 Å². The van der Waals surface area contributed by atoms with Crippen molar-refractivity contribution in [2.75, 3.05) is 6.54 Å². The van der Waals surface area contributed by atoms with Crippen LogP contribution in [0, 0.1) is 10.1 Å². The largest absolute Gasteiger partial charge is 0.506 e. The van der Waals surface area contributed by atoms with E-state index in [-0.39, 0.29) is 17.5 Å². The molecule has 2 N–H and O–H groups in total. The molecule has 0 aliphatic carbocycles. The van der Waals surface area contributed by atoms with Crippen LogP contribution in [0.15, 0.2) is 16.6 Å². The van der Waals surface area contributed by atoms with Gasteiger partial charge in [-0.1, -0.05) is 0 Å². The molecule has 1 saturated heterocycles. The molecule has 5 nitrogen and oxygen atoms in total. The molecule has 86 valence electrons. The minimum Gasteiger partial charge on any atom is -0.506 e. The predicted octanol–water partition coefficient (Wildman–Crippen LogP) is 2.49. The third kappa shape index (κ3) is 2.03. The fourth-order valence-corrected chi connectivity index (χ4v) is 2.39. The molecule has 0 aromatic heterocycles. The molecule has 1 heterocycles. The third-order valence-electron chi connectivity index (χ3n) is 2.72. The molecule has 0 spiro atoms. The van der Waals surface area contributed by atoms with Crippen LogP contribution in [-0.4, -0.2) is 16.6 Å². The lowest BCUT2D eigenvalue weighted by molar-refractivity contribution is -0.385. The average molecular weight is 287 g/mol. The van der Waals surface area contributed by atoms with Crippen molar-refractivity contribution in [1.29, 1.82) is 0 Å². The number of nitrogens with one attached hydrogen (secondary N) is 1. The lowest BCUT2D eigenvalue weighted by Gasteiger charge is -2.13. The number of hydrogen-bond acceptors (Lipinski definition) is 4. The molecule has 2 rings (SSSR count). The smallest absolute Gasteiger partial charge is 0.271 e. The highest BCUT2D eigenvalue weighted by molar-refractivity contribution is 9.10. The van der Waals surface area contributed by atoms with Gasteiger partial charge in [-0.3, -0.25) is 10.1 Å². The number of benzene rings is 1. The Morgan fingerprint density at radius 2 is 2.31 bits per heavy atom. The molecule has 0 radical (unpaired) electrons. The van der Waals surface area contributed by atoms with Crippen molar-refractivity contribution >= 4 is 21.6 Å². The summed E-state index contributed by atoms with van der Waals surface area (Å²) in [5.74, 6) is 0.0880. The number of rotatable bonds is 2. The molecule has 1 aliphatic rings. The van der Waals surface area contributed by atoms with E-state index in [9.17, 15) is 15.2 Å². The molecular weight excluding hydrogens is 276 g/mol. The van der Waals surface area contributed by atoms with Crippen LogP contribution in [0.25, 0.3) is 0 Å². The van der Waals surface area contributed by atoms with E-state index < -0.39 is 4.92 Å². The van der Waals surface area contributed by atoms with Gasteiger partial charge in [0, 0.05) is 23.7 Å². The first-order valence-corrected chi connectivity index (χ1v) is 5.79. The van der Waals surface area contributed by atoms with Crippen molar-refractivity contribution in [1.82, 2.24) is 5.32 Å². The number of hydrogen-bond donors (Lipinski definition) is 2. The molecule has 1 fully saturated rings. The fourth-order valence-electron chi connectivity index (χ4n) is 1.93. The van der Waals surface area contributed by atoms with Crippen molar-refractivity contribution in [3.63, 3.8) is 0 Å². The topological polar surface area (TPSA) is 75.4 Å². The van der Waals surface area contributed by atoms with Gasteiger partial charge in [-0.25, -0.2) is 0 Å². The molecular formula is C10H11BrN2O3. The Labute approximate surface area is 101 Å². The number of nitrogens with zero attached hydrogens (tertiary/aromatic N) is 1. The molecule has 6 heteroatoms. The number of phenols is 1. The van der Waals surface area contributed by atoms with E-state index in [1.54, 1.807) is 0 Å². The minimum atomic E-state index is -0.456. The molecule has 1 aromatic rings. The first-order valence-electron chi connectivity index (χ1n) is 5.00. The molecule has 1 atom stereocenters. The molecule has 0 bridgehead atoms. The van der Waals surface area contributed by atoms with Crippen LogP contribution >= 0.6 is 15.9 Å². The maximum atomic E-state index is 10.7. The van der Waals surface area contributed by atoms with Crippen LogP contribution in [0.5, 0.6) is 5.75 Å². The quantitative estimate of drug-likeness (QED) is 0.647. The van der Waals surface area contributed by atoms with Gasteiger partial charge in [-0.05, 0) is 35.3 Å². The van der Waals surface area contributed by atoms with Crippen LogP contribution in [0.4, 0.5) is 5.69 Å². The first-order chi connectivity index (χ1) is 7.59. The van der Waals surface area contributed by atoms with E-state index in [4.69, 9.17) is 0 Å². The van der Waals surface area contributed by atoms with E-state index in [1.165, 1.54) is 12.1 Å². The van der Waals surface area contributed by atoms with Crippen molar-refractivity contribution in [3.8, 4) is 5.75 Å². The maximum Gasteiger partial charge on any atom is 0.271 e. The van der Waals surface area contributed by atoms with Gasteiger partial charge in [0.1, 0.15) is 5.75 Å². The standard InChI is InChI=1S/C10H11BrN2O3/c11-8-5-6(13(15)16)4-7(10(8)14)9-2-1-3-12-9/h4-5,9,12,14H,1-3H2/t9-/m0/s1. The zero-order valence-electron chi connectivity index (χ0n) is 8.44. The highest BCUT2D eigenvalue weighted by atomic mass is 79.9. The second-order valence-corrected chi connectivity index (χ2v) is 4.63. The van der Waals surface area contributed by atoms with E-state index in [2.05, 4.69) is 21.2 Å². The van der Waals surface area contributed by atoms with Gasteiger partial charge < -0.3 is 10.4 Å². The van der Waals surface area contributed by atoms with Gasteiger partial charge in [-0.15, -0.1) is 0 Å². The fraction of sp³-hybridized carbons (Fsp3) is 0.400. The molecule has 0 unspecified atom stereocenters. The van der Waals surface area contributed by atoms with E-state index in [0.717, 1.165) is 19.4 Å². The van der Waals surface area contributed by atoms with E-state index in [1.807, 2.05) is 0 Å². The summed E-state index contributed by atoms with van der Waals surface area (Å²) in [5, 5.41) is 23.8. The Balaban J connectivity index is 2.45. The number of halogens is 1. The van der Waals surface area contributed by atoms with Crippen molar-refractivity contribution in [2.45, 2.75) is 18.9 Å². The second-order valence-electron chi connectivity index (χ2n) is 3.77. The normalized spacial score (nSPS) is 19.9. The summed E-state index contributed by atoms with van der Waals surface area (Å²) in [7, 11) is 0. The van der Waals surface area contributed by atoms with Gasteiger partial charge >= 0.3 is 0 Å². The lowest BCUT2D eigenvalue weighted by Crippen LogP contribution is -2.13. The van der Waals surface area contributed by atoms with Crippen molar-refractivity contribution < 1.29 is 10.0 Å². The number of non-ortho nitro benzene ring substituents is 1. The predicted molar refractivity (Wildman–Crippen MR) is 62.4 cm³/mol. The Morgan fingerprint density at radius 3 is 2.88 bits per heavy atom. The first kappa shape index (κ1) is 11.3. The Hall–Kier alpha value is -1.14. The maximum absolute atomic E-state index is 10.7. The summed E-state index contributed by atoms with van der Waals surface area (Å²) in [6.07, 6.45) is 1.91. The monoisotopic (exact) mass is 286 g/mol. The SMILES string of the molecule is O=[N+]([O-])c1cc(Br)c(O)c([C@@H]2CCCN2)c1. The van der Waals surface area contributed by atoms with Gasteiger partial charge in [-0.2, -0.15) is 0 Å². The van der Waals surface area contributed by atoms with Crippen LogP contribution < -0.4 is 5.32 Å². The molecule has 1 aliphatic heterocycles. The Kier molecular flexibility index (Phi) is 3.11. The number of aromatic hydroxyl groups is 1. The molecule has 0 amide bonds. The molecule has 1 aromatic carbocycles. The highest BCUT2D eigenvalue weighted by Gasteiger charge is 2.23. The number of phenolic OH excluding ortho intramolecular Hbond substituents is 1.